The summed E-state index contributed by atoms with van der Waals surface area (Å²) in [6.45, 7) is 5.27. The number of quaternary nitrogens is 1. The molecule has 5 nitrogen and oxygen atoms in total. The Kier molecular flexibility index (Phi) is 5.15. The molecule has 0 aromatic heterocycles. The molecule has 2 N–H and O–H groups in total. The Balaban J connectivity index is 1.29. The van der Waals surface area contributed by atoms with Gasteiger partial charge in [0.2, 0.25) is 6.79 Å². The van der Waals surface area contributed by atoms with Crippen molar-refractivity contribution >= 4 is 34.6 Å². The van der Waals surface area contributed by atoms with E-state index in [1.54, 1.807) is 4.90 Å². The number of fused-ring (bicyclic) bond motifs is 1. The summed E-state index contributed by atoms with van der Waals surface area (Å²) in [5, 5.41) is 4.74. The predicted molar refractivity (Wildman–Crippen MR) is 106 cm³/mol. The van der Waals surface area contributed by atoms with Crippen molar-refractivity contribution in [2.45, 2.75) is 6.54 Å². The summed E-state index contributed by atoms with van der Waals surface area (Å²) in [6.07, 6.45) is 0. The number of ether oxygens (including phenoxy) is 2. The number of rotatable bonds is 3. The van der Waals surface area contributed by atoms with Gasteiger partial charge in [0.25, 0.3) is 0 Å². The molecule has 1 saturated heterocycles. The van der Waals surface area contributed by atoms with E-state index in [4.69, 9.17) is 33.3 Å². The molecule has 7 heteroatoms. The number of nitrogens with one attached hydrogen (secondary N) is 2. The maximum atomic E-state index is 6.03. The van der Waals surface area contributed by atoms with Crippen LogP contribution < -0.4 is 19.7 Å². The molecule has 0 spiro atoms. The first-order valence-electron chi connectivity index (χ1n) is 8.71. The van der Waals surface area contributed by atoms with Gasteiger partial charge in [-0.3, -0.25) is 0 Å². The molecule has 0 amide bonds. The van der Waals surface area contributed by atoms with Crippen molar-refractivity contribution in [2.75, 3.05) is 38.3 Å². The average molecular weight is 391 g/mol. The molecule has 0 unspecified atom stereocenters. The van der Waals surface area contributed by atoms with E-state index in [0.717, 1.165) is 55.0 Å². The molecule has 2 heterocycles. The lowest BCUT2D eigenvalue weighted by molar-refractivity contribution is -0.917. The maximum absolute atomic E-state index is 6.03. The summed E-state index contributed by atoms with van der Waals surface area (Å²) >= 11 is 11.6. The van der Waals surface area contributed by atoms with Crippen LogP contribution in [0.1, 0.15) is 5.56 Å². The van der Waals surface area contributed by atoms with Crippen LogP contribution >= 0.6 is 23.8 Å². The summed E-state index contributed by atoms with van der Waals surface area (Å²) in [6, 6.07) is 13.8. The number of piperazine rings is 1. The lowest BCUT2D eigenvalue weighted by Crippen LogP contribution is -3.13. The van der Waals surface area contributed by atoms with Crippen molar-refractivity contribution in [3.8, 4) is 11.5 Å². The number of halogens is 1. The molecule has 0 atom stereocenters. The Morgan fingerprint density at radius 1 is 1.12 bits per heavy atom. The highest BCUT2D eigenvalue weighted by molar-refractivity contribution is 7.80. The van der Waals surface area contributed by atoms with Gasteiger partial charge >= 0.3 is 0 Å². The van der Waals surface area contributed by atoms with E-state index in [-0.39, 0.29) is 0 Å². The molecule has 4 rings (SSSR count). The summed E-state index contributed by atoms with van der Waals surface area (Å²) in [5.74, 6) is 1.69. The highest BCUT2D eigenvalue weighted by atomic mass is 35.5. The Hall–Kier alpha value is -2.02. The highest BCUT2D eigenvalue weighted by Gasteiger charge is 2.23. The number of nitrogens with zero attached hydrogens (tertiary/aromatic N) is 1. The van der Waals surface area contributed by atoms with Gasteiger partial charge in [-0.1, -0.05) is 17.7 Å². The van der Waals surface area contributed by atoms with Crippen LogP contribution in [0.25, 0.3) is 0 Å². The number of anilines is 1. The van der Waals surface area contributed by atoms with Gasteiger partial charge in [-0.2, -0.15) is 0 Å². The zero-order valence-corrected chi connectivity index (χ0v) is 15.9. The third kappa shape index (κ3) is 4.03. The third-order valence-corrected chi connectivity index (χ3v) is 5.32. The molecule has 136 valence electrons. The molecule has 0 aliphatic carbocycles. The normalized spacial score (nSPS) is 16.6. The van der Waals surface area contributed by atoms with Crippen LogP contribution in [-0.4, -0.2) is 43.0 Å². The lowest BCUT2D eigenvalue weighted by atomic mass is 10.1. The quantitative estimate of drug-likeness (QED) is 0.786. The highest BCUT2D eigenvalue weighted by Crippen LogP contribution is 2.32. The topological polar surface area (TPSA) is 38.2 Å². The first kappa shape index (κ1) is 17.4. The van der Waals surface area contributed by atoms with Crippen LogP contribution in [0.2, 0.25) is 5.02 Å². The average Bonchev–Trinajstić information content (AvgIpc) is 3.10. The van der Waals surface area contributed by atoms with Gasteiger partial charge in [0.05, 0.1) is 26.2 Å². The largest absolute Gasteiger partial charge is 0.454 e. The van der Waals surface area contributed by atoms with E-state index in [9.17, 15) is 0 Å². The SMILES string of the molecule is S=C(Nc1cccc(Cl)c1)N1CC[NH+](Cc2ccc3c(c2)OCO3)CC1. The molecule has 0 radical (unpaired) electrons. The number of benzene rings is 2. The minimum Gasteiger partial charge on any atom is -0.454 e. The van der Waals surface area contributed by atoms with E-state index < -0.39 is 0 Å². The number of hydrogen-bond donors (Lipinski definition) is 2. The molecular formula is C19H21ClN3O2S+. The first-order chi connectivity index (χ1) is 12.7. The van der Waals surface area contributed by atoms with E-state index in [0.29, 0.717) is 11.8 Å². The minimum absolute atomic E-state index is 0.321. The van der Waals surface area contributed by atoms with Gasteiger partial charge in [0, 0.05) is 16.3 Å². The van der Waals surface area contributed by atoms with Crippen molar-refractivity contribution in [1.82, 2.24) is 4.90 Å². The molecule has 2 aliphatic heterocycles. The fraction of sp³-hybridized carbons (Fsp3) is 0.316. The van der Waals surface area contributed by atoms with Crippen molar-refractivity contribution < 1.29 is 14.4 Å². The monoisotopic (exact) mass is 390 g/mol. The lowest BCUT2D eigenvalue weighted by Gasteiger charge is -2.34. The molecule has 2 aromatic rings. The zero-order valence-electron chi connectivity index (χ0n) is 14.3. The summed E-state index contributed by atoms with van der Waals surface area (Å²) in [7, 11) is 0. The summed E-state index contributed by atoms with van der Waals surface area (Å²) in [5.41, 5.74) is 2.20. The van der Waals surface area contributed by atoms with Crippen LogP contribution in [-0.2, 0) is 6.54 Å². The molecule has 0 saturated carbocycles. The van der Waals surface area contributed by atoms with Crippen LogP contribution in [0.4, 0.5) is 5.69 Å². The molecule has 26 heavy (non-hydrogen) atoms. The second-order valence-corrected chi connectivity index (χ2v) is 7.37. The summed E-state index contributed by atoms with van der Waals surface area (Å²) in [4.78, 5) is 3.77. The van der Waals surface area contributed by atoms with Crippen LogP contribution in [0.5, 0.6) is 11.5 Å². The summed E-state index contributed by atoms with van der Waals surface area (Å²) < 4.78 is 10.8. The second-order valence-electron chi connectivity index (χ2n) is 6.54. The Morgan fingerprint density at radius 3 is 2.73 bits per heavy atom. The van der Waals surface area contributed by atoms with Gasteiger partial charge in [-0.05, 0) is 48.6 Å². The maximum Gasteiger partial charge on any atom is 0.231 e. The third-order valence-electron chi connectivity index (χ3n) is 4.72. The standard InChI is InChI=1S/C19H20ClN3O2S/c20-15-2-1-3-16(11-15)21-19(26)23-8-6-22(7-9-23)12-14-4-5-17-18(10-14)25-13-24-17/h1-5,10-11H,6-9,12-13H2,(H,21,26)/p+1. The number of hydrogen-bond acceptors (Lipinski definition) is 3. The van der Waals surface area contributed by atoms with Crippen molar-refractivity contribution in [1.29, 1.82) is 0 Å². The predicted octanol–water partition coefficient (Wildman–Crippen LogP) is 2.17. The van der Waals surface area contributed by atoms with Crippen molar-refractivity contribution in [3.63, 3.8) is 0 Å². The fourth-order valence-electron chi connectivity index (χ4n) is 3.31. The fourth-order valence-corrected chi connectivity index (χ4v) is 3.80. The van der Waals surface area contributed by atoms with E-state index >= 15 is 0 Å². The molecule has 2 aliphatic rings. The minimum atomic E-state index is 0.321. The van der Waals surface area contributed by atoms with E-state index in [1.807, 2.05) is 30.3 Å². The van der Waals surface area contributed by atoms with Crippen molar-refractivity contribution in [3.05, 3.63) is 53.1 Å². The second kappa shape index (κ2) is 7.70. The van der Waals surface area contributed by atoms with Gasteiger partial charge in [0.1, 0.15) is 6.54 Å². The Labute approximate surface area is 163 Å². The van der Waals surface area contributed by atoms with Gasteiger partial charge in [0.15, 0.2) is 16.6 Å². The first-order valence-corrected chi connectivity index (χ1v) is 9.49. The van der Waals surface area contributed by atoms with E-state index in [1.165, 1.54) is 5.56 Å². The zero-order chi connectivity index (χ0) is 17.9. The molecule has 0 bridgehead atoms. The molecule has 2 aromatic carbocycles. The van der Waals surface area contributed by atoms with Gasteiger partial charge < -0.3 is 24.6 Å². The smallest absolute Gasteiger partial charge is 0.231 e. The molecular weight excluding hydrogens is 370 g/mol. The van der Waals surface area contributed by atoms with Crippen LogP contribution in [0.15, 0.2) is 42.5 Å². The number of thiocarbonyl (C=S) groups is 1. The van der Waals surface area contributed by atoms with Gasteiger partial charge in [-0.15, -0.1) is 0 Å². The Morgan fingerprint density at radius 2 is 1.92 bits per heavy atom. The Bertz CT molecular complexity index is 809. The van der Waals surface area contributed by atoms with Crippen molar-refractivity contribution in [2.24, 2.45) is 0 Å². The molecule has 1 fully saturated rings. The van der Waals surface area contributed by atoms with E-state index in [2.05, 4.69) is 22.3 Å². The van der Waals surface area contributed by atoms with Gasteiger partial charge in [-0.25, -0.2) is 0 Å². The van der Waals surface area contributed by atoms with Crippen LogP contribution in [0.3, 0.4) is 0 Å². The van der Waals surface area contributed by atoms with Crippen LogP contribution in [0, 0.1) is 0 Å².